The van der Waals surface area contributed by atoms with Gasteiger partial charge in [0.15, 0.2) is 0 Å². The van der Waals surface area contributed by atoms with Crippen LogP contribution >= 0.6 is 0 Å². The molecule has 1 N–H and O–H groups in total. The van der Waals surface area contributed by atoms with E-state index in [1.54, 1.807) is 0 Å². The molecule has 0 radical (unpaired) electrons. The van der Waals surface area contributed by atoms with E-state index in [0.717, 1.165) is 30.9 Å². The number of hydrogen-bond acceptors (Lipinski definition) is 2. The summed E-state index contributed by atoms with van der Waals surface area (Å²) in [5, 5.41) is 3.41. The second-order valence-corrected chi connectivity index (χ2v) is 5.68. The third-order valence-corrected chi connectivity index (χ3v) is 4.01. The third-order valence-electron chi connectivity index (χ3n) is 2.49. The van der Waals surface area contributed by atoms with Gasteiger partial charge in [-0.3, -0.25) is 4.21 Å². The van der Waals surface area contributed by atoms with Crippen LogP contribution < -0.4 is 5.32 Å². The van der Waals surface area contributed by atoms with Crippen LogP contribution in [-0.2, 0) is 10.8 Å². The molecule has 0 heterocycles. The summed E-state index contributed by atoms with van der Waals surface area (Å²) in [6, 6.07) is 0.461. The van der Waals surface area contributed by atoms with E-state index < -0.39 is 10.8 Å². The topological polar surface area (TPSA) is 29.1 Å². The van der Waals surface area contributed by atoms with Gasteiger partial charge in [0, 0.05) is 28.3 Å². The summed E-state index contributed by atoms with van der Waals surface area (Å²) in [7, 11) is -0.617. The van der Waals surface area contributed by atoms with Gasteiger partial charge in [0.25, 0.3) is 0 Å². The first-order valence-electron chi connectivity index (χ1n) is 6.32. The predicted octanol–water partition coefficient (Wildman–Crippen LogP) is 2.70. The summed E-state index contributed by atoms with van der Waals surface area (Å²) >= 11 is 0. The summed E-state index contributed by atoms with van der Waals surface area (Å²) < 4.78 is 11.7. The smallest absolute Gasteiger partial charge is 0.0388 e. The van der Waals surface area contributed by atoms with Gasteiger partial charge in [0.05, 0.1) is 0 Å². The molecule has 0 saturated carbocycles. The van der Waals surface area contributed by atoms with Crippen molar-refractivity contribution in [2.75, 3.05) is 18.1 Å². The zero-order valence-electron chi connectivity index (χ0n) is 10.6. The molecule has 0 fully saturated rings. The van der Waals surface area contributed by atoms with Crippen LogP contribution in [0.4, 0.5) is 0 Å². The molecule has 15 heavy (non-hydrogen) atoms. The highest BCUT2D eigenvalue weighted by Gasteiger charge is 2.10. The van der Waals surface area contributed by atoms with E-state index in [1.807, 2.05) is 0 Å². The van der Waals surface area contributed by atoms with Crippen LogP contribution in [0.1, 0.15) is 52.9 Å². The Balaban J connectivity index is 3.67. The molecule has 0 aromatic carbocycles. The Bertz CT molecular complexity index is 156. The second-order valence-electron chi connectivity index (χ2n) is 4.06. The van der Waals surface area contributed by atoms with Gasteiger partial charge in [0.2, 0.25) is 0 Å². The highest BCUT2D eigenvalue weighted by atomic mass is 32.2. The number of nitrogens with one attached hydrogen (secondary N) is 1. The molecule has 2 nitrogen and oxygen atoms in total. The first-order chi connectivity index (χ1) is 7.24. The number of rotatable bonds is 10. The van der Waals surface area contributed by atoms with Gasteiger partial charge in [-0.25, -0.2) is 0 Å². The van der Waals surface area contributed by atoms with Crippen molar-refractivity contribution in [2.24, 2.45) is 0 Å². The molecular formula is C12H27NOS. The molecule has 0 aliphatic heterocycles. The van der Waals surface area contributed by atoms with Crippen LogP contribution in [0, 0.1) is 0 Å². The van der Waals surface area contributed by atoms with Crippen molar-refractivity contribution in [3.05, 3.63) is 0 Å². The molecule has 0 rings (SSSR count). The van der Waals surface area contributed by atoms with E-state index in [9.17, 15) is 4.21 Å². The lowest BCUT2D eigenvalue weighted by Gasteiger charge is -2.16. The van der Waals surface area contributed by atoms with Gasteiger partial charge in [-0.15, -0.1) is 0 Å². The van der Waals surface area contributed by atoms with Crippen LogP contribution in [0.25, 0.3) is 0 Å². The molecular weight excluding hydrogens is 206 g/mol. The maximum atomic E-state index is 11.7. The van der Waals surface area contributed by atoms with E-state index in [4.69, 9.17) is 0 Å². The van der Waals surface area contributed by atoms with Crippen molar-refractivity contribution in [1.82, 2.24) is 5.32 Å². The fourth-order valence-corrected chi connectivity index (χ4v) is 3.13. The van der Waals surface area contributed by atoms with Crippen LogP contribution in [0.2, 0.25) is 0 Å². The fourth-order valence-electron chi connectivity index (χ4n) is 1.70. The average molecular weight is 233 g/mol. The summed E-state index contributed by atoms with van der Waals surface area (Å²) in [5.74, 6) is 1.73. The maximum absolute atomic E-state index is 11.7. The van der Waals surface area contributed by atoms with Gasteiger partial charge in [-0.1, -0.05) is 40.0 Å². The van der Waals surface area contributed by atoms with Gasteiger partial charge >= 0.3 is 0 Å². The molecule has 2 unspecified atom stereocenters. The predicted molar refractivity (Wildman–Crippen MR) is 69.8 cm³/mol. The first kappa shape index (κ1) is 15.1. The van der Waals surface area contributed by atoms with Crippen molar-refractivity contribution < 1.29 is 4.21 Å². The van der Waals surface area contributed by atoms with Gasteiger partial charge in [0.1, 0.15) is 0 Å². The Morgan fingerprint density at radius 3 is 2.40 bits per heavy atom. The van der Waals surface area contributed by atoms with E-state index in [-0.39, 0.29) is 0 Å². The highest BCUT2D eigenvalue weighted by Crippen LogP contribution is 2.02. The lowest BCUT2D eigenvalue weighted by atomic mass is 10.2. The molecule has 0 saturated heterocycles. The average Bonchev–Trinajstić information content (AvgIpc) is 2.19. The van der Waals surface area contributed by atoms with Crippen molar-refractivity contribution in [3.8, 4) is 0 Å². The number of hydrogen-bond donors (Lipinski definition) is 1. The largest absolute Gasteiger partial charge is 0.313 e. The van der Waals surface area contributed by atoms with E-state index >= 15 is 0 Å². The van der Waals surface area contributed by atoms with Crippen molar-refractivity contribution in [2.45, 2.75) is 58.9 Å². The Hall–Kier alpha value is 0.110. The SMILES string of the molecule is CCCCCS(=O)CC(CCC)NCC. The zero-order valence-corrected chi connectivity index (χ0v) is 11.4. The van der Waals surface area contributed by atoms with Gasteiger partial charge in [-0.2, -0.15) is 0 Å². The summed E-state index contributed by atoms with van der Waals surface area (Å²) in [6.45, 7) is 7.46. The van der Waals surface area contributed by atoms with E-state index in [0.29, 0.717) is 6.04 Å². The minimum Gasteiger partial charge on any atom is -0.313 e. The summed E-state index contributed by atoms with van der Waals surface area (Å²) in [5.41, 5.74) is 0. The zero-order chi connectivity index (χ0) is 11.5. The number of unbranched alkanes of at least 4 members (excludes halogenated alkanes) is 2. The monoisotopic (exact) mass is 233 g/mol. The Morgan fingerprint density at radius 2 is 1.87 bits per heavy atom. The second kappa shape index (κ2) is 10.6. The van der Waals surface area contributed by atoms with Crippen LogP contribution in [0.3, 0.4) is 0 Å². The molecule has 0 spiro atoms. The minimum atomic E-state index is -0.617. The molecule has 0 aromatic rings. The quantitative estimate of drug-likeness (QED) is 0.588. The van der Waals surface area contributed by atoms with Crippen molar-refractivity contribution in [3.63, 3.8) is 0 Å². The Morgan fingerprint density at radius 1 is 1.13 bits per heavy atom. The van der Waals surface area contributed by atoms with Crippen molar-refractivity contribution in [1.29, 1.82) is 0 Å². The van der Waals surface area contributed by atoms with E-state index in [2.05, 4.69) is 26.1 Å². The van der Waals surface area contributed by atoms with Crippen molar-refractivity contribution >= 4 is 10.8 Å². The van der Waals surface area contributed by atoms with Gasteiger partial charge < -0.3 is 5.32 Å². The van der Waals surface area contributed by atoms with E-state index in [1.165, 1.54) is 19.3 Å². The molecule has 3 heteroatoms. The highest BCUT2D eigenvalue weighted by molar-refractivity contribution is 7.85. The molecule has 2 atom stereocenters. The van der Waals surface area contributed by atoms with Crippen LogP contribution in [0.5, 0.6) is 0 Å². The normalized spacial score (nSPS) is 15.1. The Kier molecular flexibility index (Phi) is 10.7. The maximum Gasteiger partial charge on any atom is 0.0388 e. The molecule has 0 amide bonds. The molecule has 0 aromatic heterocycles. The minimum absolute atomic E-state index is 0.461. The first-order valence-corrected chi connectivity index (χ1v) is 7.81. The van der Waals surface area contributed by atoms with Crippen LogP contribution in [0.15, 0.2) is 0 Å². The van der Waals surface area contributed by atoms with Crippen LogP contribution in [-0.4, -0.2) is 28.3 Å². The Labute approximate surface area is 97.7 Å². The molecule has 0 aliphatic rings. The molecule has 0 bridgehead atoms. The lowest BCUT2D eigenvalue weighted by molar-refractivity contribution is 0.525. The van der Waals surface area contributed by atoms with Gasteiger partial charge in [-0.05, 0) is 19.4 Å². The lowest BCUT2D eigenvalue weighted by Crippen LogP contribution is -2.34. The molecule has 92 valence electrons. The summed E-state index contributed by atoms with van der Waals surface area (Å²) in [4.78, 5) is 0. The fraction of sp³-hybridized carbons (Fsp3) is 1.00. The third kappa shape index (κ3) is 9.06. The summed E-state index contributed by atoms with van der Waals surface area (Å²) in [6.07, 6.45) is 5.86. The standard InChI is InChI=1S/C12H27NOS/c1-4-7-8-10-15(14)11-12(9-5-2)13-6-3/h12-13H,4-11H2,1-3H3. The molecule has 0 aliphatic carbocycles.